The molecule has 3 aromatic rings. The minimum Gasteiger partial charge on any atom is -0.227 e. The van der Waals surface area contributed by atoms with E-state index in [4.69, 9.17) is 11.6 Å². The second-order valence-electron chi connectivity index (χ2n) is 4.56. The monoisotopic (exact) mass is 368 g/mol. The van der Waals surface area contributed by atoms with Crippen molar-refractivity contribution in [1.82, 2.24) is 9.97 Å². The number of rotatable bonds is 1. The molecule has 0 fully saturated rings. The maximum absolute atomic E-state index is 14.0. The fraction of sp³-hybridized carbons (Fsp3) is 0.0667. The second kappa shape index (κ2) is 5.31. The molecule has 0 saturated carbocycles. The summed E-state index contributed by atoms with van der Waals surface area (Å²) in [6, 6.07) is 7.59. The molecule has 0 saturated heterocycles. The van der Waals surface area contributed by atoms with Crippen LogP contribution in [0.25, 0.3) is 22.3 Å². The highest BCUT2D eigenvalue weighted by Crippen LogP contribution is 2.30. The van der Waals surface area contributed by atoms with E-state index in [-0.39, 0.29) is 16.5 Å². The third kappa shape index (κ3) is 2.51. The Hall–Kier alpha value is -1.59. The van der Waals surface area contributed by atoms with E-state index in [1.165, 1.54) is 6.07 Å². The smallest absolute Gasteiger partial charge is 0.164 e. The Morgan fingerprint density at radius 3 is 2.62 bits per heavy atom. The number of fused-ring (bicyclic) bond motifs is 1. The summed E-state index contributed by atoms with van der Waals surface area (Å²) in [5.74, 6) is -1.20. The first-order valence-corrected chi connectivity index (χ1v) is 7.22. The van der Waals surface area contributed by atoms with E-state index in [0.717, 1.165) is 10.5 Å². The Kier molecular flexibility index (Phi) is 3.63. The van der Waals surface area contributed by atoms with Gasteiger partial charge in [-0.25, -0.2) is 18.7 Å². The van der Waals surface area contributed by atoms with E-state index in [0.29, 0.717) is 16.5 Å². The lowest BCUT2D eigenvalue weighted by Crippen LogP contribution is -1.97. The zero-order valence-electron chi connectivity index (χ0n) is 10.8. The molecule has 21 heavy (non-hydrogen) atoms. The Morgan fingerprint density at radius 2 is 1.86 bits per heavy atom. The highest BCUT2D eigenvalue weighted by atomic mass is 79.9. The van der Waals surface area contributed by atoms with Gasteiger partial charge in [-0.3, -0.25) is 0 Å². The largest absolute Gasteiger partial charge is 0.227 e. The molecule has 1 aromatic heterocycles. The van der Waals surface area contributed by atoms with Crippen molar-refractivity contribution in [2.24, 2.45) is 0 Å². The molecule has 0 amide bonds. The van der Waals surface area contributed by atoms with Gasteiger partial charge in [0.2, 0.25) is 0 Å². The van der Waals surface area contributed by atoms with E-state index < -0.39 is 11.6 Å². The number of halogens is 4. The van der Waals surface area contributed by atoms with Crippen molar-refractivity contribution in [2.45, 2.75) is 6.92 Å². The molecule has 6 heteroatoms. The molecule has 1 heterocycles. The van der Waals surface area contributed by atoms with Crippen LogP contribution in [-0.2, 0) is 0 Å². The molecule has 0 aliphatic rings. The summed E-state index contributed by atoms with van der Waals surface area (Å²) in [4.78, 5) is 8.45. The highest BCUT2D eigenvalue weighted by Gasteiger charge is 2.15. The van der Waals surface area contributed by atoms with Crippen LogP contribution in [0.2, 0.25) is 5.15 Å². The number of para-hydroxylation sites is 1. The lowest BCUT2D eigenvalue weighted by Gasteiger charge is -2.08. The molecule has 0 unspecified atom stereocenters. The van der Waals surface area contributed by atoms with E-state index in [2.05, 4.69) is 25.9 Å². The Bertz CT molecular complexity index is 868. The van der Waals surface area contributed by atoms with Crippen LogP contribution in [0.15, 0.2) is 34.8 Å². The minimum atomic E-state index is -0.722. The predicted octanol–water partition coefficient (Wildman–Crippen LogP) is 5.30. The highest BCUT2D eigenvalue weighted by molar-refractivity contribution is 9.10. The molecule has 0 bridgehead atoms. The molecular formula is C15H8BrClF2N2. The Morgan fingerprint density at radius 1 is 1.10 bits per heavy atom. The van der Waals surface area contributed by atoms with E-state index >= 15 is 0 Å². The van der Waals surface area contributed by atoms with Crippen molar-refractivity contribution in [3.05, 3.63) is 57.2 Å². The molecule has 2 nitrogen and oxygen atoms in total. The van der Waals surface area contributed by atoms with Crippen molar-refractivity contribution in [1.29, 1.82) is 0 Å². The summed E-state index contributed by atoms with van der Waals surface area (Å²) in [7, 11) is 0. The van der Waals surface area contributed by atoms with Crippen LogP contribution in [0.4, 0.5) is 8.78 Å². The van der Waals surface area contributed by atoms with E-state index in [1.807, 2.05) is 12.1 Å². The Labute approximate surface area is 132 Å². The summed E-state index contributed by atoms with van der Waals surface area (Å²) in [6.45, 7) is 1.55. The number of aromatic nitrogens is 2. The van der Waals surface area contributed by atoms with Crippen LogP contribution in [0, 0.1) is 18.6 Å². The molecule has 0 N–H and O–H groups in total. The summed E-state index contributed by atoms with van der Waals surface area (Å²) in [6.07, 6.45) is 0. The van der Waals surface area contributed by atoms with Crippen molar-refractivity contribution in [2.75, 3.05) is 0 Å². The molecular weight excluding hydrogens is 362 g/mol. The van der Waals surface area contributed by atoms with Crippen LogP contribution in [-0.4, -0.2) is 9.97 Å². The fourth-order valence-corrected chi connectivity index (χ4v) is 2.72. The molecule has 0 aliphatic carbocycles. The third-order valence-electron chi connectivity index (χ3n) is 3.12. The zero-order valence-corrected chi connectivity index (χ0v) is 13.1. The van der Waals surface area contributed by atoms with Crippen molar-refractivity contribution in [3.63, 3.8) is 0 Å². The van der Waals surface area contributed by atoms with Crippen LogP contribution in [0.1, 0.15) is 5.56 Å². The first-order chi connectivity index (χ1) is 9.97. The molecule has 106 valence electrons. The lowest BCUT2D eigenvalue weighted by atomic mass is 10.1. The normalized spacial score (nSPS) is 11.1. The first-order valence-electron chi connectivity index (χ1n) is 6.05. The third-order valence-corrected chi connectivity index (χ3v) is 4.05. The van der Waals surface area contributed by atoms with E-state index in [1.54, 1.807) is 13.0 Å². The van der Waals surface area contributed by atoms with Gasteiger partial charge in [-0.05, 0) is 46.6 Å². The van der Waals surface area contributed by atoms with Crippen LogP contribution in [0.5, 0.6) is 0 Å². The second-order valence-corrected chi connectivity index (χ2v) is 5.77. The van der Waals surface area contributed by atoms with Gasteiger partial charge in [0.05, 0.1) is 11.1 Å². The SMILES string of the molecule is Cc1cc(-c2nc(Cl)c3cccc(Br)c3n2)c(F)cc1F. The van der Waals surface area contributed by atoms with Gasteiger partial charge in [0.15, 0.2) is 5.82 Å². The number of benzene rings is 2. The van der Waals surface area contributed by atoms with Crippen molar-refractivity contribution in [3.8, 4) is 11.4 Å². The molecule has 0 aliphatic heterocycles. The summed E-state index contributed by atoms with van der Waals surface area (Å²) >= 11 is 9.52. The average Bonchev–Trinajstić information content (AvgIpc) is 2.44. The molecule has 0 atom stereocenters. The van der Waals surface area contributed by atoms with E-state index in [9.17, 15) is 8.78 Å². The van der Waals surface area contributed by atoms with Gasteiger partial charge >= 0.3 is 0 Å². The topological polar surface area (TPSA) is 25.8 Å². The summed E-state index contributed by atoms with van der Waals surface area (Å²) in [5.41, 5.74) is 1.01. The number of nitrogens with zero attached hydrogens (tertiary/aromatic N) is 2. The van der Waals surface area contributed by atoms with Gasteiger partial charge in [0, 0.05) is 15.9 Å². The average molecular weight is 370 g/mol. The minimum absolute atomic E-state index is 0.119. The zero-order chi connectivity index (χ0) is 15.1. The summed E-state index contributed by atoms with van der Waals surface area (Å²) in [5, 5.41) is 0.881. The van der Waals surface area contributed by atoms with Crippen LogP contribution >= 0.6 is 27.5 Å². The van der Waals surface area contributed by atoms with Crippen molar-refractivity contribution < 1.29 is 8.78 Å². The van der Waals surface area contributed by atoms with Crippen LogP contribution in [0.3, 0.4) is 0 Å². The van der Waals surface area contributed by atoms with Crippen LogP contribution < -0.4 is 0 Å². The summed E-state index contributed by atoms with van der Waals surface area (Å²) < 4.78 is 28.1. The standard InChI is InChI=1S/C15H8BrClF2N2/c1-7-5-9(12(19)6-11(7)18)15-20-13-8(14(17)21-15)3-2-4-10(13)16/h2-6H,1H3. The number of aryl methyl sites for hydroxylation is 1. The van der Waals surface area contributed by atoms with Gasteiger partial charge < -0.3 is 0 Å². The van der Waals surface area contributed by atoms with Gasteiger partial charge in [-0.1, -0.05) is 17.7 Å². The first kappa shape index (κ1) is 14.4. The van der Waals surface area contributed by atoms with Gasteiger partial charge in [0.1, 0.15) is 16.8 Å². The molecule has 0 spiro atoms. The fourth-order valence-electron chi connectivity index (χ4n) is 2.03. The van der Waals surface area contributed by atoms with Gasteiger partial charge in [-0.15, -0.1) is 0 Å². The number of hydrogen-bond acceptors (Lipinski definition) is 2. The molecule has 3 rings (SSSR count). The molecule has 0 radical (unpaired) electrons. The maximum atomic E-state index is 14.0. The molecule has 2 aromatic carbocycles. The quantitative estimate of drug-likeness (QED) is 0.544. The van der Waals surface area contributed by atoms with Crippen molar-refractivity contribution >= 4 is 38.4 Å². The maximum Gasteiger partial charge on any atom is 0.164 e. The predicted molar refractivity (Wildman–Crippen MR) is 82.3 cm³/mol. The number of hydrogen-bond donors (Lipinski definition) is 0. The van der Waals surface area contributed by atoms with Gasteiger partial charge in [0.25, 0.3) is 0 Å². The Balaban J connectivity index is 2.31. The lowest BCUT2D eigenvalue weighted by molar-refractivity contribution is 0.579. The van der Waals surface area contributed by atoms with Gasteiger partial charge in [-0.2, -0.15) is 0 Å².